The second kappa shape index (κ2) is 13.4. The highest BCUT2D eigenvalue weighted by molar-refractivity contribution is 7.82. The summed E-state index contributed by atoms with van der Waals surface area (Å²) >= 11 is 0. The Morgan fingerprint density at radius 3 is 2.65 bits per heavy atom. The third-order valence-corrected chi connectivity index (χ3v) is 8.81. The van der Waals surface area contributed by atoms with E-state index in [1.165, 1.54) is 5.56 Å². The Morgan fingerprint density at radius 2 is 1.88 bits per heavy atom. The maximum Gasteiger partial charge on any atom is 0.259 e. The number of aromatic nitrogens is 2. The van der Waals surface area contributed by atoms with Crippen molar-refractivity contribution >= 4 is 21.9 Å². The summed E-state index contributed by atoms with van der Waals surface area (Å²) in [6.07, 6.45) is 3.88. The summed E-state index contributed by atoms with van der Waals surface area (Å²) < 4.78 is 26.8. The van der Waals surface area contributed by atoms with Crippen LogP contribution in [0.5, 0.6) is 5.75 Å². The van der Waals surface area contributed by atoms with Crippen LogP contribution in [0.2, 0.25) is 0 Å². The lowest BCUT2D eigenvalue weighted by molar-refractivity contribution is 0.0752. The number of fused-ring (bicyclic) bond motifs is 1. The van der Waals surface area contributed by atoms with Crippen LogP contribution < -0.4 is 10.3 Å². The maximum absolute atomic E-state index is 13.4. The number of aromatic amines is 1. The number of benzene rings is 3. The predicted molar refractivity (Wildman–Crippen MR) is 160 cm³/mol. The average molecular weight is 560 g/mol. The fourth-order valence-corrected chi connectivity index (χ4v) is 6.31. The smallest absolute Gasteiger partial charge is 0.259 e. The number of para-hydroxylation sites is 1. The topological polar surface area (TPSA) is 84.5 Å². The Labute approximate surface area is 238 Å². The SMILES string of the molecule is CCCOc1ccc(S(=O)N2CCOCC2)cc1-c1nc2c(C(C)CCCc3ccccc3)cccc2c(=O)[nH]1. The van der Waals surface area contributed by atoms with Crippen LogP contribution in [-0.2, 0) is 22.1 Å². The molecule has 2 heterocycles. The molecule has 4 aromatic rings. The van der Waals surface area contributed by atoms with Crippen LogP contribution in [0.4, 0.5) is 0 Å². The van der Waals surface area contributed by atoms with Crippen LogP contribution >= 0.6 is 0 Å². The van der Waals surface area contributed by atoms with Crippen molar-refractivity contribution in [3.63, 3.8) is 0 Å². The van der Waals surface area contributed by atoms with Gasteiger partial charge < -0.3 is 14.5 Å². The number of aryl methyl sites for hydroxylation is 1. The van der Waals surface area contributed by atoms with E-state index >= 15 is 0 Å². The molecule has 0 amide bonds. The van der Waals surface area contributed by atoms with E-state index in [0.717, 1.165) is 31.2 Å². The van der Waals surface area contributed by atoms with Gasteiger partial charge in [-0.2, -0.15) is 0 Å². The Hall–Kier alpha value is -3.33. The van der Waals surface area contributed by atoms with E-state index in [-0.39, 0.29) is 11.5 Å². The largest absolute Gasteiger partial charge is 0.493 e. The first-order chi connectivity index (χ1) is 19.5. The Balaban J connectivity index is 1.49. The zero-order valence-electron chi connectivity index (χ0n) is 23.2. The van der Waals surface area contributed by atoms with Crippen molar-refractivity contribution in [2.75, 3.05) is 32.9 Å². The van der Waals surface area contributed by atoms with E-state index in [1.54, 1.807) is 0 Å². The van der Waals surface area contributed by atoms with Gasteiger partial charge >= 0.3 is 0 Å². The van der Waals surface area contributed by atoms with E-state index < -0.39 is 11.0 Å². The number of H-pyrrole nitrogens is 1. The minimum atomic E-state index is -1.35. The second-order valence-corrected chi connectivity index (χ2v) is 11.7. The molecule has 1 fully saturated rings. The van der Waals surface area contributed by atoms with Crippen LogP contribution in [0.3, 0.4) is 0 Å². The van der Waals surface area contributed by atoms with Gasteiger partial charge in [-0.05, 0) is 67.0 Å². The molecule has 1 N–H and O–H groups in total. The van der Waals surface area contributed by atoms with Gasteiger partial charge in [0.15, 0.2) is 0 Å². The fourth-order valence-electron chi connectivity index (χ4n) is 5.12. The van der Waals surface area contributed by atoms with Crippen molar-refractivity contribution in [1.29, 1.82) is 0 Å². The summed E-state index contributed by atoms with van der Waals surface area (Å²) in [7, 11) is -1.35. The lowest BCUT2D eigenvalue weighted by Crippen LogP contribution is -2.37. The first kappa shape index (κ1) is 28.2. The number of hydrogen-bond acceptors (Lipinski definition) is 5. The molecule has 2 unspecified atom stereocenters. The van der Waals surface area contributed by atoms with Crippen LogP contribution in [0.15, 0.2) is 76.4 Å². The molecule has 0 spiro atoms. The minimum Gasteiger partial charge on any atom is -0.493 e. The molecule has 40 heavy (non-hydrogen) atoms. The third-order valence-electron chi connectivity index (χ3n) is 7.32. The van der Waals surface area contributed by atoms with Crippen LogP contribution in [-0.4, -0.2) is 51.4 Å². The molecule has 0 saturated carbocycles. The van der Waals surface area contributed by atoms with E-state index in [9.17, 15) is 9.00 Å². The number of hydrogen-bond donors (Lipinski definition) is 1. The van der Waals surface area contributed by atoms with Gasteiger partial charge in [0.05, 0.1) is 41.2 Å². The van der Waals surface area contributed by atoms with Crippen molar-refractivity contribution in [3.8, 4) is 17.1 Å². The van der Waals surface area contributed by atoms with E-state index in [4.69, 9.17) is 14.5 Å². The minimum absolute atomic E-state index is 0.195. The molecule has 1 aliphatic heterocycles. The average Bonchev–Trinajstić information content (AvgIpc) is 3.00. The lowest BCUT2D eigenvalue weighted by Gasteiger charge is -2.25. The monoisotopic (exact) mass is 559 g/mol. The van der Waals surface area contributed by atoms with Crippen molar-refractivity contribution in [2.45, 2.75) is 50.3 Å². The van der Waals surface area contributed by atoms with Gasteiger partial charge in [-0.25, -0.2) is 13.5 Å². The van der Waals surface area contributed by atoms with Gasteiger partial charge in [0.2, 0.25) is 0 Å². The molecule has 1 aliphatic rings. The van der Waals surface area contributed by atoms with Crippen LogP contribution in [0, 0.1) is 0 Å². The summed E-state index contributed by atoms with van der Waals surface area (Å²) in [4.78, 5) is 22.0. The van der Waals surface area contributed by atoms with E-state index in [1.807, 2.05) is 47.6 Å². The lowest BCUT2D eigenvalue weighted by atomic mass is 9.92. The molecule has 8 heteroatoms. The van der Waals surface area contributed by atoms with Gasteiger partial charge in [-0.3, -0.25) is 4.79 Å². The van der Waals surface area contributed by atoms with Crippen molar-refractivity contribution in [3.05, 3.63) is 88.2 Å². The normalized spacial score (nSPS) is 15.7. The molecule has 1 saturated heterocycles. The standard InChI is InChI=1S/C32H37N3O4S/c1-3-19-39-29-16-15-25(40(37)35-17-20-38-21-18-35)22-28(29)31-33-30-26(13-8-14-27(30)32(36)34-31)23(2)9-7-12-24-10-5-4-6-11-24/h4-6,8,10-11,13-16,22-23H,3,7,9,12,17-21H2,1-2H3,(H,33,34,36). The van der Waals surface area contributed by atoms with Crippen molar-refractivity contribution < 1.29 is 13.7 Å². The number of nitrogens with zero attached hydrogens (tertiary/aromatic N) is 2. The highest BCUT2D eigenvalue weighted by Gasteiger charge is 2.22. The Bertz CT molecular complexity index is 1520. The number of rotatable bonds is 11. The third kappa shape index (κ3) is 6.52. The number of morpholine rings is 1. The summed E-state index contributed by atoms with van der Waals surface area (Å²) in [6, 6.07) is 21.8. The van der Waals surface area contributed by atoms with Gasteiger partial charge in [0.25, 0.3) is 5.56 Å². The van der Waals surface area contributed by atoms with Crippen molar-refractivity contribution in [1.82, 2.24) is 14.3 Å². The Morgan fingerprint density at radius 1 is 1.07 bits per heavy atom. The molecular weight excluding hydrogens is 522 g/mol. The van der Waals surface area contributed by atoms with Gasteiger partial charge in [0, 0.05) is 13.1 Å². The molecule has 1 aromatic heterocycles. The second-order valence-electron chi connectivity index (χ2n) is 10.2. The molecule has 0 bridgehead atoms. The van der Waals surface area contributed by atoms with Crippen molar-refractivity contribution in [2.24, 2.45) is 0 Å². The van der Waals surface area contributed by atoms with Gasteiger partial charge in [0.1, 0.15) is 22.6 Å². The summed E-state index contributed by atoms with van der Waals surface area (Å²) in [5.74, 6) is 1.26. The maximum atomic E-state index is 13.4. The molecule has 5 rings (SSSR count). The fraction of sp³-hybridized carbons (Fsp3) is 0.375. The van der Waals surface area contributed by atoms with Gasteiger partial charge in [-0.1, -0.05) is 56.3 Å². The molecule has 3 aromatic carbocycles. The number of nitrogens with one attached hydrogen (secondary N) is 1. The summed E-state index contributed by atoms with van der Waals surface area (Å²) in [5, 5.41) is 0.570. The quantitative estimate of drug-likeness (QED) is 0.249. The zero-order chi connectivity index (χ0) is 27.9. The molecule has 2 atom stereocenters. The highest BCUT2D eigenvalue weighted by Crippen LogP contribution is 2.33. The van der Waals surface area contributed by atoms with Crippen LogP contribution in [0.25, 0.3) is 22.3 Å². The summed E-state index contributed by atoms with van der Waals surface area (Å²) in [6.45, 7) is 7.09. The Kier molecular flexibility index (Phi) is 9.41. The predicted octanol–water partition coefficient (Wildman–Crippen LogP) is 5.86. The number of ether oxygens (including phenoxy) is 2. The first-order valence-corrected chi connectivity index (χ1v) is 15.2. The molecular formula is C32H37N3O4S. The van der Waals surface area contributed by atoms with E-state index in [0.29, 0.717) is 65.8 Å². The highest BCUT2D eigenvalue weighted by atomic mass is 32.2. The molecule has 0 radical (unpaired) electrons. The molecule has 0 aliphatic carbocycles. The molecule has 210 valence electrons. The first-order valence-electron chi connectivity index (χ1n) is 14.1. The van der Waals surface area contributed by atoms with Gasteiger partial charge in [-0.15, -0.1) is 0 Å². The van der Waals surface area contributed by atoms with Crippen LogP contribution in [0.1, 0.15) is 50.2 Å². The van der Waals surface area contributed by atoms with E-state index in [2.05, 4.69) is 42.2 Å². The zero-order valence-corrected chi connectivity index (χ0v) is 24.0. The summed E-state index contributed by atoms with van der Waals surface area (Å²) in [5.41, 5.74) is 3.53. The molecule has 7 nitrogen and oxygen atoms in total.